The van der Waals surface area contributed by atoms with Crippen molar-refractivity contribution in [3.63, 3.8) is 0 Å². The van der Waals surface area contributed by atoms with Gasteiger partial charge in [0, 0.05) is 5.02 Å². The normalized spacial score (nSPS) is 15.0. The monoisotopic (exact) mass is 536 g/mol. The van der Waals surface area contributed by atoms with E-state index in [0.717, 1.165) is 10.5 Å². The van der Waals surface area contributed by atoms with Gasteiger partial charge in [-0.15, -0.1) is 0 Å². The van der Waals surface area contributed by atoms with Crippen LogP contribution in [0.2, 0.25) is 5.02 Å². The molecule has 2 aromatic rings. The standard InChI is InChI=1S/C22H18BrClN2O7/c1-3-32-17-8-12(7-15(23)19(17)33-10-18(27)28)6-14-20(29)25-22(31)26(21(14)30)13-5-4-11(2)16(24)9-13/h4-9H,3,10H2,1-2H3,(H,27,28)(H,25,29,31)/b14-6-. The molecule has 9 nitrogen and oxygen atoms in total. The maximum Gasteiger partial charge on any atom is 0.341 e. The number of nitrogens with one attached hydrogen (secondary N) is 1. The topological polar surface area (TPSA) is 122 Å². The number of urea groups is 1. The molecule has 0 radical (unpaired) electrons. The van der Waals surface area contributed by atoms with Gasteiger partial charge in [-0.3, -0.25) is 14.9 Å². The van der Waals surface area contributed by atoms with Crippen LogP contribution in [0.5, 0.6) is 11.5 Å². The lowest BCUT2D eigenvalue weighted by Crippen LogP contribution is -2.54. The van der Waals surface area contributed by atoms with Gasteiger partial charge in [0.1, 0.15) is 5.57 Å². The van der Waals surface area contributed by atoms with Gasteiger partial charge in [-0.05, 0) is 71.2 Å². The zero-order chi connectivity index (χ0) is 24.3. The van der Waals surface area contributed by atoms with Crippen LogP contribution < -0.4 is 19.7 Å². The molecule has 0 aliphatic carbocycles. The fourth-order valence-electron chi connectivity index (χ4n) is 2.99. The smallest absolute Gasteiger partial charge is 0.341 e. The molecule has 1 heterocycles. The van der Waals surface area contributed by atoms with E-state index in [0.29, 0.717) is 15.1 Å². The van der Waals surface area contributed by atoms with E-state index in [1.54, 1.807) is 26.0 Å². The van der Waals surface area contributed by atoms with Crippen molar-refractivity contribution in [1.29, 1.82) is 0 Å². The summed E-state index contributed by atoms with van der Waals surface area (Å²) in [6.07, 6.45) is 1.29. The maximum atomic E-state index is 13.1. The van der Waals surface area contributed by atoms with Gasteiger partial charge in [-0.25, -0.2) is 14.5 Å². The number of hydrogen-bond acceptors (Lipinski definition) is 6. The van der Waals surface area contributed by atoms with Gasteiger partial charge in [0.05, 0.1) is 16.8 Å². The highest BCUT2D eigenvalue weighted by atomic mass is 79.9. The number of anilines is 1. The van der Waals surface area contributed by atoms with Crippen LogP contribution in [0.15, 0.2) is 40.4 Å². The van der Waals surface area contributed by atoms with E-state index in [9.17, 15) is 19.2 Å². The van der Waals surface area contributed by atoms with Gasteiger partial charge in [-0.2, -0.15) is 0 Å². The molecule has 0 saturated carbocycles. The number of halogens is 2. The number of aryl methyl sites for hydroxylation is 1. The summed E-state index contributed by atoms with van der Waals surface area (Å²) in [5.41, 5.74) is 1.05. The van der Waals surface area contributed by atoms with E-state index in [2.05, 4.69) is 21.2 Å². The Morgan fingerprint density at radius 3 is 2.58 bits per heavy atom. The first-order chi connectivity index (χ1) is 15.6. The molecule has 2 aromatic carbocycles. The number of rotatable bonds is 7. The van der Waals surface area contributed by atoms with Gasteiger partial charge in [0.25, 0.3) is 11.8 Å². The minimum absolute atomic E-state index is 0.159. The molecular formula is C22H18BrClN2O7. The van der Waals surface area contributed by atoms with Crippen LogP contribution >= 0.6 is 27.5 Å². The SMILES string of the molecule is CCOc1cc(/C=C2/C(=O)NC(=O)N(c3ccc(C)c(Cl)c3)C2=O)cc(Br)c1OCC(=O)O. The van der Waals surface area contributed by atoms with Crippen LogP contribution in [-0.2, 0) is 14.4 Å². The summed E-state index contributed by atoms with van der Waals surface area (Å²) >= 11 is 9.42. The van der Waals surface area contributed by atoms with Crippen LogP contribution in [-0.4, -0.2) is 42.1 Å². The van der Waals surface area contributed by atoms with Crippen LogP contribution in [0.25, 0.3) is 6.08 Å². The summed E-state index contributed by atoms with van der Waals surface area (Å²) < 4.78 is 11.1. The predicted octanol–water partition coefficient (Wildman–Crippen LogP) is 3.94. The molecule has 1 fully saturated rings. The summed E-state index contributed by atoms with van der Waals surface area (Å²) in [5.74, 6) is -2.49. The number of amides is 4. The quantitative estimate of drug-likeness (QED) is 0.405. The molecule has 1 saturated heterocycles. The zero-order valence-electron chi connectivity index (χ0n) is 17.5. The van der Waals surface area contributed by atoms with Crippen molar-refractivity contribution in [1.82, 2.24) is 5.32 Å². The van der Waals surface area contributed by atoms with Crippen molar-refractivity contribution in [3.05, 3.63) is 56.5 Å². The Bertz CT molecular complexity index is 1200. The number of barbiturate groups is 1. The average molecular weight is 538 g/mol. The van der Waals surface area contributed by atoms with Crippen LogP contribution in [0.4, 0.5) is 10.5 Å². The summed E-state index contributed by atoms with van der Waals surface area (Å²) in [5, 5.41) is 11.4. The summed E-state index contributed by atoms with van der Waals surface area (Å²) in [4.78, 5) is 49.6. The summed E-state index contributed by atoms with van der Waals surface area (Å²) in [6.45, 7) is 3.17. The number of imide groups is 2. The second-order valence-electron chi connectivity index (χ2n) is 6.84. The van der Waals surface area contributed by atoms with E-state index in [1.165, 1.54) is 24.3 Å². The van der Waals surface area contributed by atoms with Crippen molar-refractivity contribution >= 4 is 63.1 Å². The van der Waals surface area contributed by atoms with Gasteiger partial charge >= 0.3 is 12.0 Å². The number of carbonyl (C=O) groups excluding carboxylic acids is 3. The number of carboxylic acid groups (broad SMARTS) is 1. The predicted molar refractivity (Wildman–Crippen MR) is 124 cm³/mol. The number of benzene rings is 2. The minimum Gasteiger partial charge on any atom is -0.490 e. The summed E-state index contributed by atoms with van der Waals surface area (Å²) in [6, 6.07) is 6.78. The highest BCUT2D eigenvalue weighted by Gasteiger charge is 2.37. The minimum atomic E-state index is -1.17. The van der Waals surface area contributed by atoms with Crippen molar-refractivity contribution < 1.29 is 33.8 Å². The van der Waals surface area contributed by atoms with Crippen molar-refractivity contribution in [3.8, 4) is 11.5 Å². The van der Waals surface area contributed by atoms with E-state index >= 15 is 0 Å². The molecule has 11 heteroatoms. The van der Waals surface area contributed by atoms with E-state index in [1.807, 2.05) is 0 Å². The Hall–Kier alpha value is -3.37. The van der Waals surface area contributed by atoms with Gasteiger partial charge in [0.15, 0.2) is 18.1 Å². The average Bonchev–Trinajstić information content (AvgIpc) is 2.73. The number of hydrogen-bond donors (Lipinski definition) is 2. The molecule has 0 unspecified atom stereocenters. The lowest BCUT2D eigenvalue weighted by Gasteiger charge is -2.26. The Morgan fingerprint density at radius 1 is 1.21 bits per heavy atom. The van der Waals surface area contributed by atoms with Crippen molar-refractivity contribution in [2.45, 2.75) is 13.8 Å². The molecule has 4 amide bonds. The van der Waals surface area contributed by atoms with Crippen molar-refractivity contribution in [2.75, 3.05) is 18.1 Å². The highest BCUT2D eigenvalue weighted by Crippen LogP contribution is 2.38. The molecule has 172 valence electrons. The maximum absolute atomic E-state index is 13.1. The largest absolute Gasteiger partial charge is 0.490 e. The van der Waals surface area contributed by atoms with Gasteiger partial charge in [0.2, 0.25) is 0 Å². The van der Waals surface area contributed by atoms with E-state index in [4.69, 9.17) is 26.2 Å². The molecule has 1 aliphatic rings. The lowest BCUT2D eigenvalue weighted by atomic mass is 10.1. The molecule has 33 heavy (non-hydrogen) atoms. The molecule has 2 N–H and O–H groups in total. The first-order valence-corrected chi connectivity index (χ1v) is 10.8. The number of ether oxygens (including phenoxy) is 2. The first kappa shape index (κ1) is 24.3. The number of aliphatic carboxylic acids is 1. The second kappa shape index (κ2) is 10.1. The molecular weight excluding hydrogens is 520 g/mol. The third-order valence-electron chi connectivity index (χ3n) is 4.50. The number of nitrogens with zero attached hydrogens (tertiary/aromatic N) is 1. The van der Waals surface area contributed by atoms with Crippen molar-refractivity contribution in [2.24, 2.45) is 0 Å². The Morgan fingerprint density at radius 2 is 1.94 bits per heavy atom. The molecule has 0 aromatic heterocycles. The third kappa shape index (κ3) is 5.35. The van der Waals surface area contributed by atoms with Crippen LogP contribution in [0, 0.1) is 6.92 Å². The molecule has 3 rings (SSSR count). The highest BCUT2D eigenvalue weighted by molar-refractivity contribution is 9.10. The van der Waals surface area contributed by atoms with E-state index in [-0.39, 0.29) is 29.4 Å². The molecule has 1 aliphatic heterocycles. The van der Waals surface area contributed by atoms with Gasteiger partial charge < -0.3 is 14.6 Å². The van der Waals surface area contributed by atoms with Crippen LogP contribution in [0.3, 0.4) is 0 Å². The molecule has 0 bridgehead atoms. The summed E-state index contributed by atoms with van der Waals surface area (Å²) in [7, 11) is 0. The van der Waals surface area contributed by atoms with E-state index < -0.39 is 30.4 Å². The Labute approximate surface area is 202 Å². The molecule has 0 atom stereocenters. The second-order valence-corrected chi connectivity index (χ2v) is 8.10. The Kier molecular flexibility index (Phi) is 7.39. The lowest BCUT2D eigenvalue weighted by molar-refractivity contribution is -0.139. The Balaban J connectivity index is 2.02. The van der Waals surface area contributed by atoms with Crippen LogP contribution in [0.1, 0.15) is 18.1 Å². The molecule has 0 spiro atoms. The fraction of sp³-hybridized carbons (Fsp3) is 0.182. The fourth-order valence-corrected chi connectivity index (χ4v) is 3.74. The van der Waals surface area contributed by atoms with Gasteiger partial charge in [-0.1, -0.05) is 17.7 Å². The number of carbonyl (C=O) groups is 4. The number of carboxylic acids is 1. The zero-order valence-corrected chi connectivity index (χ0v) is 19.8. The first-order valence-electron chi connectivity index (χ1n) is 9.61. The third-order valence-corrected chi connectivity index (χ3v) is 5.49.